The molecule has 0 radical (unpaired) electrons. The van der Waals surface area contributed by atoms with Gasteiger partial charge in [0.05, 0.1) is 30.6 Å². The Bertz CT molecular complexity index is 1280. The first kappa shape index (κ1) is 24.9. The minimum atomic E-state index is -0.0962. The first-order valence-electron chi connectivity index (χ1n) is 11.1. The average Bonchev–Trinajstić information content (AvgIpc) is 3.21. The van der Waals surface area contributed by atoms with E-state index in [9.17, 15) is 4.79 Å². The molecule has 2 aromatic carbocycles. The van der Waals surface area contributed by atoms with E-state index < -0.39 is 0 Å². The van der Waals surface area contributed by atoms with Crippen LogP contribution in [0.15, 0.2) is 47.6 Å². The lowest BCUT2D eigenvalue weighted by atomic mass is 10.2. The van der Waals surface area contributed by atoms with Gasteiger partial charge in [0, 0.05) is 18.7 Å². The smallest absolute Gasteiger partial charge is 0.260 e. The second kappa shape index (κ2) is 11.0. The molecule has 184 valence electrons. The number of carbonyl (C=O) groups excluding carboxylic acids is 1. The largest absolute Gasteiger partial charge is 0.493 e. The summed E-state index contributed by atoms with van der Waals surface area (Å²) < 4.78 is 18.8. The van der Waals surface area contributed by atoms with Crippen molar-refractivity contribution in [2.24, 2.45) is 5.10 Å². The van der Waals surface area contributed by atoms with E-state index >= 15 is 0 Å². The molecule has 2 atom stereocenters. The Hall–Kier alpha value is -3.21. The van der Waals surface area contributed by atoms with E-state index in [4.69, 9.17) is 38.0 Å². The van der Waals surface area contributed by atoms with Crippen LogP contribution in [0.5, 0.6) is 11.5 Å². The normalized spacial score (nSPS) is 18.1. The van der Waals surface area contributed by atoms with Gasteiger partial charge in [-0.1, -0.05) is 23.7 Å². The fourth-order valence-corrected chi connectivity index (χ4v) is 4.24. The maximum absolute atomic E-state index is 12.6. The van der Waals surface area contributed by atoms with E-state index in [1.165, 1.54) is 11.8 Å². The fraction of sp³-hybridized carbons (Fsp3) is 0.333. The van der Waals surface area contributed by atoms with Crippen molar-refractivity contribution in [3.63, 3.8) is 0 Å². The van der Waals surface area contributed by atoms with Crippen LogP contribution in [0, 0.1) is 4.77 Å². The number of rotatable bonds is 7. The number of halogens is 1. The zero-order valence-electron chi connectivity index (χ0n) is 19.6. The summed E-state index contributed by atoms with van der Waals surface area (Å²) in [6.45, 7) is 4.91. The summed E-state index contributed by atoms with van der Waals surface area (Å²) in [5.41, 5.74) is 1.44. The Labute approximate surface area is 213 Å². The number of nitrogens with zero attached hydrogens (tertiary/aromatic N) is 4. The van der Waals surface area contributed by atoms with Crippen molar-refractivity contribution in [2.45, 2.75) is 26.1 Å². The van der Waals surface area contributed by atoms with E-state index in [0.717, 1.165) is 5.56 Å². The maximum Gasteiger partial charge on any atom is 0.260 e. The Morgan fingerprint density at radius 2 is 2.00 bits per heavy atom. The molecular formula is C24H26ClN5O4S. The van der Waals surface area contributed by atoms with Crippen LogP contribution in [0.3, 0.4) is 0 Å². The van der Waals surface area contributed by atoms with Crippen LogP contribution in [0.25, 0.3) is 11.4 Å². The summed E-state index contributed by atoms with van der Waals surface area (Å²) in [5, 5.41) is 12.0. The van der Waals surface area contributed by atoms with Crippen molar-refractivity contribution < 1.29 is 19.0 Å². The zero-order valence-corrected chi connectivity index (χ0v) is 21.2. The Kier molecular flexibility index (Phi) is 7.84. The number of ether oxygens (including phenoxy) is 3. The highest BCUT2D eigenvalue weighted by molar-refractivity contribution is 7.71. The number of carbonyl (C=O) groups is 1. The fourth-order valence-electron chi connectivity index (χ4n) is 3.84. The summed E-state index contributed by atoms with van der Waals surface area (Å²) in [5.74, 6) is 1.34. The van der Waals surface area contributed by atoms with Gasteiger partial charge in [0.25, 0.3) is 5.91 Å². The molecule has 9 nitrogen and oxygen atoms in total. The number of methoxy groups -OCH3 is 1. The van der Waals surface area contributed by atoms with Gasteiger partial charge in [-0.25, -0.2) is 5.10 Å². The highest BCUT2D eigenvalue weighted by atomic mass is 35.5. The third-order valence-electron chi connectivity index (χ3n) is 5.40. The van der Waals surface area contributed by atoms with E-state index in [1.807, 2.05) is 38.1 Å². The van der Waals surface area contributed by atoms with E-state index in [-0.39, 0.29) is 24.7 Å². The van der Waals surface area contributed by atoms with Crippen LogP contribution in [0.2, 0.25) is 5.02 Å². The van der Waals surface area contributed by atoms with Gasteiger partial charge in [-0.3, -0.25) is 4.79 Å². The second-order valence-corrected chi connectivity index (χ2v) is 8.94. The summed E-state index contributed by atoms with van der Waals surface area (Å²) in [6.07, 6.45) is 1.62. The molecule has 1 fully saturated rings. The van der Waals surface area contributed by atoms with Gasteiger partial charge in [-0.15, -0.1) is 0 Å². The second-order valence-electron chi connectivity index (χ2n) is 8.14. The molecule has 2 unspecified atom stereocenters. The summed E-state index contributed by atoms with van der Waals surface area (Å²) in [7, 11) is 1.54. The van der Waals surface area contributed by atoms with Crippen LogP contribution in [-0.2, 0) is 9.53 Å². The van der Waals surface area contributed by atoms with Crippen molar-refractivity contribution >= 4 is 35.9 Å². The molecule has 1 aliphatic rings. The molecule has 1 aliphatic heterocycles. The molecular weight excluding hydrogens is 490 g/mol. The molecule has 0 spiro atoms. The topological polar surface area (TPSA) is 94.0 Å². The van der Waals surface area contributed by atoms with Crippen LogP contribution in [0.4, 0.5) is 0 Å². The molecule has 1 saturated heterocycles. The van der Waals surface area contributed by atoms with Crippen LogP contribution >= 0.6 is 23.8 Å². The lowest BCUT2D eigenvalue weighted by Crippen LogP contribution is -2.49. The van der Waals surface area contributed by atoms with Crippen LogP contribution in [0.1, 0.15) is 19.4 Å². The van der Waals surface area contributed by atoms with Crippen molar-refractivity contribution in [1.29, 1.82) is 0 Å². The Morgan fingerprint density at radius 3 is 2.71 bits per heavy atom. The first-order valence-corrected chi connectivity index (χ1v) is 11.8. The SMILES string of the molecule is COc1cc(/C=N/n2c(-c3ccccc3Cl)n[nH]c2=S)ccc1OCC(=O)N1CC(C)OC(C)C1. The first-order chi connectivity index (χ1) is 16.9. The molecule has 3 aromatic rings. The van der Waals surface area contributed by atoms with Gasteiger partial charge < -0.3 is 19.1 Å². The molecule has 1 N–H and O–H groups in total. The Balaban J connectivity index is 1.48. The molecule has 1 amide bonds. The molecule has 0 bridgehead atoms. The summed E-state index contributed by atoms with van der Waals surface area (Å²) >= 11 is 11.6. The standard InChI is InChI=1S/C24H26ClN5O4S/c1-15-12-29(13-16(2)34-15)22(31)14-33-20-9-8-17(10-21(20)32-3)11-26-30-23(27-28-24(30)35)18-6-4-5-7-19(18)25/h4-11,15-16H,12-14H2,1-3H3,(H,28,35)/b26-11+. The van der Waals surface area contributed by atoms with Crippen molar-refractivity contribution in [1.82, 2.24) is 19.8 Å². The third kappa shape index (κ3) is 5.90. The number of hydrogen-bond donors (Lipinski definition) is 1. The minimum absolute atomic E-state index is 0.00188. The molecule has 0 aliphatic carbocycles. The number of aromatic nitrogens is 3. The molecule has 2 heterocycles. The molecule has 4 rings (SSSR count). The number of benzene rings is 2. The van der Waals surface area contributed by atoms with Crippen molar-refractivity contribution in [2.75, 3.05) is 26.8 Å². The summed E-state index contributed by atoms with van der Waals surface area (Å²) in [6, 6.07) is 12.6. The number of aromatic amines is 1. The lowest BCUT2D eigenvalue weighted by Gasteiger charge is -2.35. The third-order valence-corrected chi connectivity index (χ3v) is 5.99. The predicted octanol–water partition coefficient (Wildman–Crippen LogP) is 4.17. The average molecular weight is 516 g/mol. The number of amides is 1. The number of H-pyrrole nitrogens is 1. The van der Waals surface area contributed by atoms with Crippen molar-refractivity contribution in [3.8, 4) is 22.9 Å². The predicted molar refractivity (Wildman–Crippen MR) is 136 cm³/mol. The molecule has 11 heteroatoms. The highest BCUT2D eigenvalue weighted by Crippen LogP contribution is 2.28. The highest BCUT2D eigenvalue weighted by Gasteiger charge is 2.26. The Morgan fingerprint density at radius 1 is 1.26 bits per heavy atom. The van der Waals surface area contributed by atoms with E-state index in [2.05, 4.69) is 15.3 Å². The van der Waals surface area contributed by atoms with Crippen molar-refractivity contribution in [3.05, 3.63) is 57.8 Å². The number of nitrogens with one attached hydrogen (secondary N) is 1. The van der Waals surface area contributed by atoms with Gasteiger partial charge in [0.1, 0.15) is 0 Å². The van der Waals surface area contributed by atoms with E-state index in [1.54, 1.807) is 29.3 Å². The number of morpholine rings is 1. The maximum atomic E-state index is 12.6. The minimum Gasteiger partial charge on any atom is -0.493 e. The lowest BCUT2D eigenvalue weighted by molar-refractivity contribution is -0.145. The van der Waals surface area contributed by atoms with Gasteiger partial charge >= 0.3 is 0 Å². The number of hydrogen-bond acceptors (Lipinski definition) is 7. The van der Waals surface area contributed by atoms with Gasteiger partial charge in [-0.2, -0.15) is 14.9 Å². The van der Waals surface area contributed by atoms with Crippen LogP contribution < -0.4 is 9.47 Å². The molecule has 1 aromatic heterocycles. The quantitative estimate of drug-likeness (QED) is 0.375. The summed E-state index contributed by atoms with van der Waals surface area (Å²) in [4.78, 5) is 14.4. The van der Waals surface area contributed by atoms with Gasteiger partial charge in [0.15, 0.2) is 23.9 Å². The molecule has 0 saturated carbocycles. The van der Waals surface area contributed by atoms with Gasteiger partial charge in [0.2, 0.25) is 4.77 Å². The zero-order chi connectivity index (χ0) is 24.9. The van der Waals surface area contributed by atoms with Gasteiger partial charge in [-0.05, 0) is 62.0 Å². The van der Waals surface area contributed by atoms with Crippen LogP contribution in [-0.4, -0.2) is 70.9 Å². The monoisotopic (exact) mass is 515 g/mol. The molecule has 35 heavy (non-hydrogen) atoms. The van der Waals surface area contributed by atoms with E-state index in [0.29, 0.717) is 45.8 Å².